The van der Waals surface area contributed by atoms with Gasteiger partial charge in [0.1, 0.15) is 0 Å². The van der Waals surface area contributed by atoms with E-state index in [1.807, 2.05) is 4.90 Å². The first-order valence-corrected chi connectivity index (χ1v) is 9.07. The van der Waals surface area contributed by atoms with Gasteiger partial charge in [0.25, 0.3) is 0 Å². The van der Waals surface area contributed by atoms with Crippen molar-refractivity contribution in [2.24, 2.45) is 22.6 Å². The number of guanidine groups is 1. The predicted molar refractivity (Wildman–Crippen MR) is 109 cm³/mol. The lowest BCUT2D eigenvalue weighted by Gasteiger charge is -2.35. The first-order chi connectivity index (χ1) is 12.4. The number of hydrogen-bond donors (Lipinski definition) is 1. The van der Waals surface area contributed by atoms with Crippen LogP contribution in [0.25, 0.3) is 0 Å². The Labute approximate surface area is 174 Å². The van der Waals surface area contributed by atoms with Gasteiger partial charge in [-0.1, -0.05) is 0 Å². The Morgan fingerprint density at radius 3 is 2.22 bits per heavy atom. The summed E-state index contributed by atoms with van der Waals surface area (Å²) < 4.78 is 38.1. The zero-order valence-corrected chi connectivity index (χ0v) is 17.4. The van der Waals surface area contributed by atoms with Crippen LogP contribution >= 0.6 is 24.0 Å². The molecule has 3 rings (SSSR count). The van der Waals surface area contributed by atoms with Crippen LogP contribution in [0.15, 0.2) is 23.5 Å². The summed E-state index contributed by atoms with van der Waals surface area (Å²) in [7, 11) is 0. The minimum atomic E-state index is -4.06. The van der Waals surface area contributed by atoms with Crippen molar-refractivity contribution in [3.05, 3.63) is 18.5 Å². The highest BCUT2D eigenvalue weighted by Gasteiger charge is 2.41. The van der Waals surface area contributed by atoms with Crippen molar-refractivity contribution in [2.75, 3.05) is 37.6 Å². The monoisotopic (exact) mass is 498 g/mol. The highest BCUT2D eigenvalue weighted by atomic mass is 127. The molecule has 1 saturated heterocycles. The van der Waals surface area contributed by atoms with Crippen molar-refractivity contribution in [3.8, 4) is 0 Å². The molecule has 1 aromatic heterocycles. The summed E-state index contributed by atoms with van der Waals surface area (Å²) in [5, 5.41) is 0. The van der Waals surface area contributed by atoms with Crippen LogP contribution in [0.3, 0.4) is 0 Å². The topological polar surface area (TPSA) is 70.6 Å². The Kier molecular flexibility index (Phi) is 7.92. The fourth-order valence-electron chi connectivity index (χ4n) is 3.59. The van der Waals surface area contributed by atoms with Crippen LogP contribution in [-0.4, -0.2) is 59.7 Å². The van der Waals surface area contributed by atoms with E-state index in [0.29, 0.717) is 31.3 Å². The molecule has 0 amide bonds. The lowest BCUT2D eigenvalue weighted by atomic mass is 9.82. The number of rotatable bonds is 3. The van der Waals surface area contributed by atoms with Gasteiger partial charge >= 0.3 is 6.18 Å². The molecule has 0 aromatic carbocycles. The molecule has 0 unspecified atom stereocenters. The maximum atomic E-state index is 12.7. The number of anilines is 1. The molecule has 6 nitrogen and oxygen atoms in total. The summed E-state index contributed by atoms with van der Waals surface area (Å²) in [6, 6.07) is 1.78. The van der Waals surface area contributed by atoms with Crippen LogP contribution in [-0.2, 0) is 0 Å². The van der Waals surface area contributed by atoms with E-state index in [2.05, 4.69) is 19.9 Å². The van der Waals surface area contributed by atoms with Crippen LogP contribution in [0, 0.1) is 11.8 Å². The van der Waals surface area contributed by atoms with E-state index >= 15 is 0 Å². The van der Waals surface area contributed by atoms with Crippen LogP contribution in [0.2, 0.25) is 0 Å². The van der Waals surface area contributed by atoms with Crippen molar-refractivity contribution in [1.82, 2.24) is 14.9 Å². The number of halogens is 4. The van der Waals surface area contributed by atoms with Gasteiger partial charge in [-0.3, -0.25) is 4.99 Å². The van der Waals surface area contributed by atoms with Crippen molar-refractivity contribution < 1.29 is 13.2 Å². The molecular weight excluding hydrogens is 472 g/mol. The van der Waals surface area contributed by atoms with Crippen molar-refractivity contribution in [3.63, 3.8) is 0 Å². The fraction of sp³-hybridized carbons (Fsp3) is 0.706. The van der Waals surface area contributed by atoms with Crippen molar-refractivity contribution >= 4 is 35.9 Å². The average molecular weight is 498 g/mol. The van der Waals surface area contributed by atoms with Crippen LogP contribution in [0.4, 0.5) is 19.1 Å². The Morgan fingerprint density at radius 1 is 1.07 bits per heavy atom. The quantitative estimate of drug-likeness (QED) is 0.395. The van der Waals surface area contributed by atoms with Crippen LogP contribution < -0.4 is 10.6 Å². The number of aromatic nitrogens is 2. The maximum Gasteiger partial charge on any atom is 0.391 e. The van der Waals surface area contributed by atoms with E-state index in [0.717, 1.165) is 26.2 Å². The third kappa shape index (κ3) is 6.08. The molecule has 152 valence electrons. The van der Waals surface area contributed by atoms with Gasteiger partial charge in [0.05, 0.1) is 5.92 Å². The molecule has 27 heavy (non-hydrogen) atoms. The van der Waals surface area contributed by atoms with E-state index in [4.69, 9.17) is 5.73 Å². The normalized spacial score (nSPS) is 24.5. The second kappa shape index (κ2) is 9.74. The molecule has 1 aromatic rings. The van der Waals surface area contributed by atoms with E-state index in [-0.39, 0.29) is 42.7 Å². The SMILES string of the molecule is I.NC(=NCC1CCC(C(F)(F)F)CC1)N1CCN(c2ncccn2)CC1. The van der Waals surface area contributed by atoms with E-state index in [1.165, 1.54) is 0 Å². The molecular formula is C17H26F3IN6. The summed E-state index contributed by atoms with van der Waals surface area (Å²) in [4.78, 5) is 17.1. The summed E-state index contributed by atoms with van der Waals surface area (Å²) in [6.07, 6.45) is 0.935. The predicted octanol–water partition coefficient (Wildman–Crippen LogP) is 2.90. The number of piperazine rings is 1. The van der Waals surface area contributed by atoms with Gasteiger partial charge in [0, 0.05) is 45.1 Å². The number of alkyl halides is 3. The Hall–Kier alpha value is -1.33. The highest BCUT2D eigenvalue weighted by molar-refractivity contribution is 14.0. The summed E-state index contributed by atoms with van der Waals surface area (Å²) in [5.74, 6) is 0.250. The van der Waals surface area contributed by atoms with E-state index in [1.54, 1.807) is 18.5 Å². The lowest BCUT2D eigenvalue weighted by molar-refractivity contribution is -0.183. The van der Waals surface area contributed by atoms with Gasteiger partial charge in [0.15, 0.2) is 5.96 Å². The Morgan fingerprint density at radius 2 is 1.67 bits per heavy atom. The van der Waals surface area contributed by atoms with E-state index in [9.17, 15) is 13.2 Å². The van der Waals surface area contributed by atoms with Gasteiger partial charge in [-0.05, 0) is 37.7 Å². The molecule has 0 bridgehead atoms. The summed E-state index contributed by atoms with van der Waals surface area (Å²) in [5.41, 5.74) is 6.09. The van der Waals surface area contributed by atoms with Gasteiger partial charge in [-0.2, -0.15) is 13.2 Å². The third-order valence-electron chi connectivity index (χ3n) is 5.26. The van der Waals surface area contributed by atoms with Crippen molar-refractivity contribution in [2.45, 2.75) is 31.9 Å². The number of nitrogens with zero attached hydrogens (tertiary/aromatic N) is 5. The average Bonchev–Trinajstić information content (AvgIpc) is 2.66. The smallest absolute Gasteiger partial charge is 0.370 e. The molecule has 1 aliphatic heterocycles. The molecule has 1 aliphatic carbocycles. The molecule has 2 N–H and O–H groups in total. The largest absolute Gasteiger partial charge is 0.391 e. The van der Waals surface area contributed by atoms with Gasteiger partial charge in [0.2, 0.25) is 5.95 Å². The summed E-state index contributed by atoms with van der Waals surface area (Å²) in [6.45, 7) is 3.50. The molecule has 2 aliphatic rings. The first-order valence-electron chi connectivity index (χ1n) is 9.07. The molecule has 10 heteroatoms. The van der Waals surface area contributed by atoms with Gasteiger partial charge in [-0.25, -0.2) is 9.97 Å². The van der Waals surface area contributed by atoms with Gasteiger partial charge < -0.3 is 15.5 Å². The second-order valence-electron chi connectivity index (χ2n) is 6.98. The zero-order valence-electron chi connectivity index (χ0n) is 15.1. The fourth-order valence-corrected chi connectivity index (χ4v) is 3.59. The molecule has 2 fully saturated rings. The van der Waals surface area contributed by atoms with Gasteiger partial charge in [-0.15, -0.1) is 24.0 Å². The molecule has 2 heterocycles. The third-order valence-corrected chi connectivity index (χ3v) is 5.26. The zero-order chi connectivity index (χ0) is 18.6. The minimum Gasteiger partial charge on any atom is -0.370 e. The molecule has 0 radical (unpaired) electrons. The Balaban J connectivity index is 0.00000261. The maximum absolute atomic E-state index is 12.7. The van der Waals surface area contributed by atoms with E-state index < -0.39 is 12.1 Å². The summed E-state index contributed by atoms with van der Waals surface area (Å²) >= 11 is 0. The first kappa shape index (κ1) is 22.0. The number of nitrogens with two attached hydrogens (primary N) is 1. The number of aliphatic imine (C=N–C) groups is 1. The highest BCUT2D eigenvalue weighted by Crippen LogP contribution is 2.39. The van der Waals surface area contributed by atoms with Crippen molar-refractivity contribution in [1.29, 1.82) is 0 Å². The molecule has 0 atom stereocenters. The lowest BCUT2D eigenvalue weighted by Crippen LogP contribution is -2.51. The standard InChI is InChI=1S/C17H25F3N6.HI/c18-17(19,20)14-4-2-13(3-5-14)12-24-15(21)25-8-10-26(11-9-25)16-22-6-1-7-23-16;/h1,6-7,13-14H,2-5,8-12H2,(H2,21,24);1H. The minimum absolute atomic E-state index is 0. The van der Waals surface area contributed by atoms with Crippen LogP contribution in [0.1, 0.15) is 25.7 Å². The molecule has 0 spiro atoms. The Bertz CT molecular complexity index is 596. The molecule has 1 saturated carbocycles. The van der Waals surface area contributed by atoms with Crippen LogP contribution in [0.5, 0.6) is 0 Å². The number of hydrogen-bond acceptors (Lipinski definition) is 4. The second-order valence-corrected chi connectivity index (χ2v) is 6.98.